The molecule has 76 valence electrons. The van der Waals surface area contributed by atoms with E-state index in [2.05, 4.69) is 0 Å². The molecule has 0 atom stereocenters. The van der Waals surface area contributed by atoms with Gasteiger partial charge in [0, 0.05) is 18.1 Å². The molecule has 1 aromatic carbocycles. The van der Waals surface area contributed by atoms with Crippen molar-refractivity contribution in [1.29, 1.82) is 0 Å². The summed E-state index contributed by atoms with van der Waals surface area (Å²) in [6.07, 6.45) is 0. The topological polar surface area (TPSA) is 37.4 Å². The fourth-order valence-corrected chi connectivity index (χ4v) is 3.44. The first kappa shape index (κ1) is 9.96. The molecule has 1 aliphatic rings. The van der Waals surface area contributed by atoms with Crippen molar-refractivity contribution in [2.45, 2.75) is 18.4 Å². The minimum absolute atomic E-state index is 0.392. The second-order valence-corrected chi connectivity index (χ2v) is 5.53. The van der Waals surface area contributed by atoms with E-state index in [1.54, 1.807) is 18.2 Å². The number of hydrogen-bond acceptors (Lipinski definition) is 2. The zero-order valence-electron chi connectivity index (χ0n) is 7.70. The molecular formula is C9H10ClNO2S. The van der Waals surface area contributed by atoms with Gasteiger partial charge in [-0.15, -0.1) is 0 Å². The second-order valence-electron chi connectivity index (χ2n) is 3.18. The molecule has 5 heteroatoms. The molecular weight excluding hydrogens is 222 g/mol. The Morgan fingerprint density at radius 3 is 2.86 bits per heavy atom. The van der Waals surface area contributed by atoms with Gasteiger partial charge in [0.2, 0.25) is 10.0 Å². The van der Waals surface area contributed by atoms with Gasteiger partial charge in [-0.1, -0.05) is 18.5 Å². The lowest BCUT2D eigenvalue weighted by Gasteiger charge is -2.09. The standard InChI is InChI=1S/C9H10ClNO2S/c1-2-11-6-7-5-8(10)3-4-9(7)14(11,12)13/h3-5H,2,6H2,1H3. The highest BCUT2D eigenvalue weighted by Crippen LogP contribution is 2.31. The maximum Gasteiger partial charge on any atom is 0.243 e. The third-order valence-corrected chi connectivity index (χ3v) is 4.60. The van der Waals surface area contributed by atoms with Crippen LogP contribution >= 0.6 is 11.6 Å². The molecule has 0 aromatic heterocycles. The lowest BCUT2D eigenvalue weighted by molar-refractivity contribution is 0.443. The maximum absolute atomic E-state index is 11.8. The second kappa shape index (κ2) is 3.22. The van der Waals surface area contributed by atoms with Crippen LogP contribution in [0.1, 0.15) is 12.5 Å². The van der Waals surface area contributed by atoms with E-state index in [-0.39, 0.29) is 0 Å². The molecule has 2 rings (SSSR count). The Labute approximate surface area is 88.3 Å². The van der Waals surface area contributed by atoms with Crippen LogP contribution in [-0.2, 0) is 16.6 Å². The molecule has 1 heterocycles. The van der Waals surface area contributed by atoms with Crippen molar-refractivity contribution >= 4 is 21.6 Å². The highest BCUT2D eigenvalue weighted by Gasteiger charge is 2.33. The summed E-state index contributed by atoms with van der Waals surface area (Å²) in [6, 6.07) is 4.89. The summed E-state index contributed by atoms with van der Waals surface area (Å²) in [5.41, 5.74) is 0.791. The molecule has 0 radical (unpaired) electrons. The number of halogens is 1. The lowest BCUT2D eigenvalue weighted by Crippen LogP contribution is -2.23. The normalized spacial score (nSPS) is 19.6. The summed E-state index contributed by atoms with van der Waals surface area (Å²) in [6.45, 7) is 2.76. The van der Waals surface area contributed by atoms with E-state index in [1.165, 1.54) is 4.31 Å². The highest BCUT2D eigenvalue weighted by atomic mass is 35.5. The van der Waals surface area contributed by atoms with E-state index in [9.17, 15) is 8.42 Å². The number of benzene rings is 1. The van der Waals surface area contributed by atoms with Crippen LogP contribution in [0.5, 0.6) is 0 Å². The first-order chi connectivity index (χ1) is 6.55. The van der Waals surface area contributed by atoms with E-state index in [0.717, 1.165) is 5.56 Å². The quantitative estimate of drug-likeness (QED) is 0.740. The van der Waals surface area contributed by atoms with Crippen LogP contribution in [0.3, 0.4) is 0 Å². The van der Waals surface area contributed by atoms with Crippen LogP contribution in [0.15, 0.2) is 23.1 Å². The molecule has 0 unspecified atom stereocenters. The van der Waals surface area contributed by atoms with Crippen LogP contribution < -0.4 is 0 Å². The lowest BCUT2D eigenvalue weighted by atomic mass is 10.2. The van der Waals surface area contributed by atoms with E-state index < -0.39 is 10.0 Å². The Morgan fingerprint density at radius 2 is 2.21 bits per heavy atom. The first-order valence-corrected chi connectivity index (χ1v) is 6.16. The largest absolute Gasteiger partial charge is 0.243 e. The smallest absolute Gasteiger partial charge is 0.207 e. The summed E-state index contributed by atoms with van der Waals surface area (Å²) in [5, 5.41) is 0.580. The minimum atomic E-state index is -3.24. The van der Waals surface area contributed by atoms with Crippen molar-refractivity contribution < 1.29 is 8.42 Å². The van der Waals surface area contributed by atoms with Crippen LogP contribution in [0.25, 0.3) is 0 Å². The van der Waals surface area contributed by atoms with Gasteiger partial charge in [-0.2, -0.15) is 4.31 Å². The van der Waals surface area contributed by atoms with E-state index in [4.69, 9.17) is 11.6 Å². The summed E-state index contributed by atoms with van der Waals surface area (Å²) in [5.74, 6) is 0. The first-order valence-electron chi connectivity index (χ1n) is 4.34. The molecule has 14 heavy (non-hydrogen) atoms. The molecule has 0 aliphatic carbocycles. The molecule has 0 saturated heterocycles. The Bertz CT molecular complexity index is 470. The molecule has 0 spiro atoms. The van der Waals surface area contributed by atoms with Gasteiger partial charge in [0.1, 0.15) is 0 Å². The Balaban J connectivity index is 2.60. The zero-order chi connectivity index (χ0) is 10.3. The van der Waals surface area contributed by atoms with Gasteiger partial charge in [-0.25, -0.2) is 8.42 Å². The van der Waals surface area contributed by atoms with Crippen molar-refractivity contribution in [2.24, 2.45) is 0 Å². The summed E-state index contributed by atoms with van der Waals surface area (Å²) in [4.78, 5) is 0.392. The van der Waals surface area contributed by atoms with Gasteiger partial charge in [-0.3, -0.25) is 0 Å². The van der Waals surface area contributed by atoms with Crippen LogP contribution in [0, 0.1) is 0 Å². The van der Waals surface area contributed by atoms with Gasteiger partial charge < -0.3 is 0 Å². The number of hydrogen-bond donors (Lipinski definition) is 0. The average molecular weight is 232 g/mol. The molecule has 0 amide bonds. The number of sulfonamides is 1. The predicted molar refractivity (Wildman–Crippen MR) is 54.7 cm³/mol. The van der Waals surface area contributed by atoms with Gasteiger partial charge in [-0.05, 0) is 23.8 Å². The molecule has 0 saturated carbocycles. The third-order valence-electron chi connectivity index (χ3n) is 2.34. The number of rotatable bonds is 1. The van der Waals surface area contributed by atoms with Gasteiger partial charge >= 0.3 is 0 Å². The summed E-state index contributed by atoms with van der Waals surface area (Å²) in [7, 11) is -3.24. The highest BCUT2D eigenvalue weighted by molar-refractivity contribution is 7.89. The average Bonchev–Trinajstić information content (AvgIpc) is 2.37. The molecule has 1 aromatic rings. The van der Waals surface area contributed by atoms with Crippen molar-refractivity contribution in [3.05, 3.63) is 28.8 Å². The van der Waals surface area contributed by atoms with Crippen molar-refractivity contribution in [2.75, 3.05) is 6.54 Å². The van der Waals surface area contributed by atoms with Crippen molar-refractivity contribution in [1.82, 2.24) is 4.31 Å². The van der Waals surface area contributed by atoms with E-state index >= 15 is 0 Å². The molecule has 0 bridgehead atoms. The maximum atomic E-state index is 11.8. The predicted octanol–water partition coefficient (Wildman–Crippen LogP) is 1.86. The fraction of sp³-hybridized carbons (Fsp3) is 0.333. The molecule has 3 nitrogen and oxygen atoms in total. The van der Waals surface area contributed by atoms with Crippen LogP contribution in [0.4, 0.5) is 0 Å². The fourth-order valence-electron chi connectivity index (χ4n) is 1.62. The molecule has 1 aliphatic heterocycles. The van der Waals surface area contributed by atoms with E-state index in [1.807, 2.05) is 6.92 Å². The third kappa shape index (κ3) is 1.34. The SMILES string of the molecule is CCN1Cc2cc(Cl)ccc2S1(=O)=O. The zero-order valence-corrected chi connectivity index (χ0v) is 9.27. The molecule has 0 fully saturated rings. The van der Waals surface area contributed by atoms with Gasteiger partial charge in [0.15, 0.2) is 0 Å². The van der Waals surface area contributed by atoms with Crippen molar-refractivity contribution in [3.8, 4) is 0 Å². The Morgan fingerprint density at radius 1 is 1.50 bits per heavy atom. The van der Waals surface area contributed by atoms with Crippen molar-refractivity contribution in [3.63, 3.8) is 0 Å². The van der Waals surface area contributed by atoms with Crippen LogP contribution in [0.2, 0.25) is 5.02 Å². The summed E-state index contributed by atoms with van der Waals surface area (Å²) >= 11 is 5.79. The molecule has 0 N–H and O–H groups in total. The number of fused-ring (bicyclic) bond motifs is 1. The van der Waals surface area contributed by atoms with Gasteiger partial charge in [0.25, 0.3) is 0 Å². The van der Waals surface area contributed by atoms with E-state index in [0.29, 0.717) is 23.0 Å². The minimum Gasteiger partial charge on any atom is -0.207 e. The monoisotopic (exact) mass is 231 g/mol. The van der Waals surface area contributed by atoms with Gasteiger partial charge in [0.05, 0.1) is 4.90 Å². The Kier molecular flexibility index (Phi) is 2.29. The van der Waals surface area contributed by atoms with Crippen LogP contribution in [-0.4, -0.2) is 19.3 Å². The summed E-state index contributed by atoms with van der Waals surface area (Å²) < 4.78 is 25.1. The number of nitrogens with zero attached hydrogens (tertiary/aromatic N) is 1. The Hall–Kier alpha value is -0.580.